The Morgan fingerprint density at radius 2 is 2.00 bits per heavy atom. The number of hydrogen-bond donors (Lipinski definition) is 0. The van der Waals surface area contributed by atoms with Gasteiger partial charge in [-0.05, 0) is 36.4 Å². The van der Waals surface area contributed by atoms with Crippen molar-refractivity contribution in [3.8, 4) is 23.0 Å². The number of anilines is 2. The van der Waals surface area contributed by atoms with Gasteiger partial charge >= 0.3 is 6.01 Å². The van der Waals surface area contributed by atoms with Crippen LogP contribution in [0.25, 0.3) is 21.7 Å². The predicted octanol–water partition coefficient (Wildman–Crippen LogP) is 5.71. The number of para-hydroxylation sites is 1. The Kier molecular flexibility index (Phi) is 5.14. The average Bonchev–Trinajstić information content (AvgIpc) is 3.36. The zero-order valence-corrected chi connectivity index (χ0v) is 16.8. The maximum atomic E-state index is 13.7. The van der Waals surface area contributed by atoms with E-state index in [0.717, 1.165) is 9.01 Å². The van der Waals surface area contributed by atoms with Crippen LogP contribution in [-0.2, 0) is 0 Å². The van der Waals surface area contributed by atoms with Crippen molar-refractivity contribution in [1.82, 2.24) is 15.2 Å². The number of nitrogens with zero attached hydrogens (tertiary/aromatic N) is 4. The molecule has 4 rings (SSSR count). The molecule has 2 aromatic carbocycles. The van der Waals surface area contributed by atoms with Gasteiger partial charge in [0.15, 0.2) is 28.6 Å². The SMILES string of the molecule is COc1cccc2sc(N(SF)c3nnc(-c4ccc(OBr)cc4)o3)nc12. The van der Waals surface area contributed by atoms with Crippen molar-refractivity contribution in [1.29, 1.82) is 0 Å². The molecule has 2 aromatic heterocycles. The quantitative estimate of drug-likeness (QED) is 0.333. The first-order valence-corrected chi connectivity index (χ1v) is 9.62. The van der Waals surface area contributed by atoms with Gasteiger partial charge in [0.1, 0.15) is 17.0 Å². The maximum Gasteiger partial charge on any atom is 0.337 e. The molecule has 2 heterocycles. The molecule has 0 atom stereocenters. The second kappa shape index (κ2) is 7.71. The average molecular weight is 469 g/mol. The van der Waals surface area contributed by atoms with Gasteiger partial charge in [-0.2, -0.15) is 4.31 Å². The highest BCUT2D eigenvalue weighted by molar-refractivity contribution is 9.06. The van der Waals surface area contributed by atoms with Crippen molar-refractivity contribution in [2.45, 2.75) is 0 Å². The third-order valence-corrected chi connectivity index (χ3v) is 5.57. The number of thiazole rings is 1. The number of fused-ring (bicyclic) bond motifs is 1. The topological polar surface area (TPSA) is 73.5 Å². The fourth-order valence-electron chi connectivity index (χ4n) is 2.37. The Balaban J connectivity index is 1.68. The molecule has 0 radical (unpaired) electrons. The van der Waals surface area contributed by atoms with Gasteiger partial charge in [0.05, 0.1) is 11.8 Å². The van der Waals surface area contributed by atoms with E-state index in [2.05, 4.69) is 31.4 Å². The Labute approximate surface area is 170 Å². The molecule has 0 amide bonds. The van der Waals surface area contributed by atoms with E-state index in [0.29, 0.717) is 27.7 Å². The molecule has 0 aliphatic heterocycles. The lowest BCUT2D eigenvalue weighted by atomic mass is 10.2. The minimum absolute atomic E-state index is 0.0173. The molecule has 0 spiro atoms. The molecule has 4 aromatic rings. The van der Waals surface area contributed by atoms with Crippen molar-refractivity contribution < 1.29 is 16.9 Å². The molecular weight excluding hydrogens is 459 g/mol. The van der Waals surface area contributed by atoms with Gasteiger partial charge in [-0.15, -0.1) is 8.98 Å². The molecule has 0 N–H and O–H groups in total. The summed E-state index contributed by atoms with van der Waals surface area (Å²) in [6, 6.07) is 12.5. The molecule has 0 saturated heterocycles. The van der Waals surface area contributed by atoms with Gasteiger partial charge in [0, 0.05) is 5.56 Å². The number of benzene rings is 2. The lowest BCUT2D eigenvalue weighted by molar-refractivity contribution is 0.419. The van der Waals surface area contributed by atoms with Crippen LogP contribution in [0, 0.1) is 0 Å². The van der Waals surface area contributed by atoms with E-state index < -0.39 is 0 Å². The third-order valence-electron chi connectivity index (χ3n) is 3.61. The summed E-state index contributed by atoms with van der Waals surface area (Å²) < 4.78 is 31.5. The Morgan fingerprint density at radius 3 is 2.70 bits per heavy atom. The van der Waals surface area contributed by atoms with Crippen molar-refractivity contribution in [3.05, 3.63) is 42.5 Å². The summed E-state index contributed by atoms with van der Waals surface area (Å²) in [5.74, 6) is 1.49. The number of rotatable bonds is 6. The lowest BCUT2D eigenvalue weighted by Crippen LogP contribution is -2.04. The van der Waals surface area contributed by atoms with E-state index in [1.807, 2.05) is 12.1 Å². The minimum Gasteiger partial charge on any atom is -0.494 e. The molecule has 0 aliphatic rings. The molecule has 0 fully saturated rings. The molecule has 11 heteroatoms. The number of methoxy groups -OCH3 is 1. The van der Waals surface area contributed by atoms with Crippen LogP contribution in [-0.4, -0.2) is 22.3 Å². The highest BCUT2D eigenvalue weighted by atomic mass is 79.9. The smallest absolute Gasteiger partial charge is 0.337 e. The zero-order valence-electron chi connectivity index (χ0n) is 13.6. The van der Waals surface area contributed by atoms with E-state index in [1.165, 1.54) is 11.3 Å². The van der Waals surface area contributed by atoms with E-state index in [-0.39, 0.29) is 24.2 Å². The second-order valence-corrected chi connectivity index (χ2v) is 6.99. The van der Waals surface area contributed by atoms with E-state index in [4.69, 9.17) is 13.0 Å². The van der Waals surface area contributed by atoms with Crippen molar-refractivity contribution in [2.75, 3.05) is 11.4 Å². The van der Waals surface area contributed by atoms with Crippen LogP contribution in [0.3, 0.4) is 0 Å². The summed E-state index contributed by atoms with van der Waals surface area (Å²) in [5, 5.41) is 8.29. The van der Waals surface area contributed by atoms with Crippen LogP contribution < -0.4 is 12.9 Å². The van der Waals surface area contributed by atoms with Crippen LogP contribution in [0.15, 0.2) is 46.9 Å². The predicted molar refractivity (Wildman–Crippen MR) is 106 cm³/mol. The highest BCUT2D eigenvalue weighted by Crippen LogP contribution is 2.40. The molecule has 7 nitrogen and oxygen atoms in total. The normalized spacial score (nSPS) is 10.9. The fraction of sp³-hybridized carbons (Fsp3) is 0.0625. The molecule has 0 bridgehead atoms. The molecular formula is C16H10BrFN4O3S2. The highest BCUT2D eigenvalue weighted by Gasteiger charge is 2.23. The number of ether oxygens (including phenoxy) is 1. The van der Waals surface area contributed by atoms with Gasteiger partial charge < -0.3 is 13.0 Å². The molecule has 138 valence electrons. The molecule has 0 aliphatic carbocycles. The lowest BCUT2D eigenvalue weighted by Gasteiger charge is -2.08. The number of aromatic nitrogens is 3. The van der Waals surface area contributed by atoms with Crippen molar-refractivity contribution in [3.63, 3.8) is 0 Å². The van der Waals surface area contributed by atoms with Crippen LogP contribution in [0.2, 0.25) is 0 Å². The first-order valence-electron chi connectivity index (χ1n) is 7.48. The van der Waals surface area contributed by atoms with Crippen molar-refractivity contribution in [2.24, 2.45) is 0 Å². The van der Waals surface area contributed by atoms with Crippen LogP contribution in [0.4, 0.5) is 15.0 Å². The minimum atomic E-state index is -0.0626. The van der Waals surface area contributed by atoms with Gasteiger partial charge in [-0.1, -0.05) is 22.5 Å². The first-order chi connectivity index (χ1) is 13.2. The Morgan fingerprint density at radius 1 is 1.19 bits per heavy atom. The number of hydrogen-bond acceptors (Lipinski definition) is 9. The van der Waals surface area contributed by atoms with Crippen LogP contribution in [0.1, 0.15) is 0 Å². The zero-order chi connectivity index (χ0) is 18.8. The second-order valence-electron chi connectivity index (χ2n) is 5.16. The monoisotopic (exact) mass is 468 g/mol. The van der Waals surface area contributed by atoms with Gasteiger partial charge in [-0.25, -0.2) is 4.98 Å². The summed E-state index contributed by atoms with van der Waals surface area (Å²) in [5.41, 5.74) is 1.32. The molecule has 27 heavy (non-hydrogen) atoms. The molecule has 0 saturated carbocycles. The van der Waals surface area contributed by atoms with Crippen molar-refractivity contribution >= 4 is 61.3 Å². The largest absolute Gasteiger partial charge is 0.494 e. The van der Waals surface area contributed by atoms with E-state index >= 15 is 0 Å². The third kappa shape index (κ3) is 3.45. The summed E-state index contributed by atoms with van der Waals surface area (Å²) in [6.07, 6.45) is 0. The van der Waals surface area contributed by atoms with Gasteiger partial charge in [-0.3, -0.25) is 0 Å². The van der Waals surface area contributed by atoms with Gasteiger partial charge in [0.25, 0.3) is 0 Å². The standard InChI is InChI=1S/C16H10BrFN4O3S2/c1-23-11-3-2-4-12-13(11)19-16(26-12)22(27-18)15-21-20-14(24-15)9-5-7-10(25-17)8-6-9/h2-8H,1H3. The first kappa shape index (κ1) is 18.0. The Bertz CT molecular complexity index is 1070. The summed E-state index contributed by atoms with van der Waals surface area (Å²) in [4.78, 5) is 4.44. The van der Waals surface area contributed by atoms with Crippen LogP contribution in [0.5, 0.6) is 11.5 Å². The van der Waals surface area contributed by atoms with E-state index in [9.17, 15) is 3.89 Å². The summed E-state index contributed by atoms with van der Waals surface area (Å²) in [6.45, 7) is 0. The molecule has 0 unspecified atom stereocenters. The summed E-state index contributed by atoms with van der Waals surface area (Å²) in [7, 11) is 1.56. The van der Waals surface area contributed by atoms with Crippen LogP contribution >= 0.6 is 39.9 Å². The van der Waals surface area contributed by atoms with E-state index in [1.54, 1.807) is 37.4 Å². The summed E-state index contributed by atoms with van der Waals surface area (Å²) >= 11 is 4.13. The fourth-order valence-corrected chi connectivity index (χ4v) is 3.90. The number of halogens is 2. The Hall–Kier alpha value is -2.37. The maximum absolute atomic E-state index is 13.7. The van der Waals surface area contributed by atoms with Gasteiger partial charge in [0.2, 0.25) is 11.0 Å².